The molecule has 3 nitrogen and oxygen atoms in total. The molecule has 0 aliphatic heterocycles. The lowest BCUT2D eigenvalue weighted by Gasteiger charge is -2.10. The molecule has 0 aliphatic carbocycles. The summed E-state index contributed by atoms with van der Waals surface area (Å²) in [4.78, 5) is 4.83. The predicted molar refractivity (Wildman–Crippen MR) is 109 cm³/mol. The van der Waals surface area contributed by atoms with Gasteiger partial charge in [0.1, 0.15) is 17.2 Å². The highest BCUT2D eigenvalue weighted by Crippen LogP contribution is 2.33. The van der Waals surface area contributed by atoms with Crippen LogP contribution in [0.2, 0.25) is 10.0 Å². The molecule has 5 heteroatoms. The molecule has 1 N–H and O–H groups in total. The summed E-state index contributed by atoms with van der Waals surface area (Å²) in [5, 5.41) is 4.58. The summed E-state index contributed by atoms with van der Waals surface area (Å²) in [6, 6.07) is 20.0. The average molecular weight is 382 g/mol. The van der Waals surface area contributed by atoms with Gasteiger partial charge in [-0.2, -0.15) is 0 Å². The highest BCUT2D eigenvalue weighted by Gasteiger charge is 2.15. The van der Waals surface area contributed by atoms with Gasteiger partial charge in [-0.3, -0.25) is 4.40 Å². The minimum atomic E-state index is 0.520. The van der Waals surface area contributed by atoms with Crippen molar-refractivity contribution in [1.82, 2.24) is 9.38 Å². The van der Waals surface area contributed by atoms with Gasteiger partial charge >= 0.3 is 0 Å². The topological polar surface area (TPSA) is 29.3 Å². The van der Waals surface area contributed by atoms with Crippen molar-refractivity contribution in [3.63, 3.8) is 0 Å². The molecule has 4 rings (SSSR count). The van der Waals surface area contributed by atoms with Crippen LogP contribution in [0, 0.1) is 6.92 Å². The zero-order valence-corrected chi connectivity index (χ0v) is 15.7. The minimum Gasteiger partial charge on any atom is -0.365 e. The Labute approximate surface area is 162 Å². The van der Waals surface area contributed by atoms with Crippen LogP contribution in [0.4, 0.5) is 5.82 Å². The van der Waals surface area contributed by atoms with Crippen LogP contribution in [0.15, 0.2) is 66.9 Å². The van der Waals surface area contributed by atoms with E-state index in [0.29, 0.717) is 16.6 Å². The summed E-state index contributed by atoms with van der Waals surface area (Å²) < 4.78 is 2.06. The molecule has 0 saturated carbocycles. The molecule has 0 spiro atoms. The van der Waals surface area contributed by atoms with E-state index in [1.54, 1.807) is 6.07 Å². The number of rotatable bonds is 4. The number of hydrogen-bond acceptors (Lipinski definition) is 2. The van der Waals surface area contributed by atoms with Crippen molar-refractivity contribution in [2.24, 2.45) is 0 Å². The van der Waals surface area contributed by atoms with Crippen molar-refractivity contribution in [2.45, 2.75) is 13.5 Å². The third-order valence-electron chi connectivity index (χ3n) is 4.28. The van der Waals surface area contributed by atoms with Crippen LogP contribution in [0.3, 0.4) is 0 Å². The number of anilines is 1. The largest absolute Gasteiger partial charge is 0.365 e. The Bertz CT molecular complexity index is 1070. The fourth-order valence-electron chi connectivity index (χ4n) is 2.94. The molecule has 0 unspecified atom stereocenters. The molecule has 0 fully saturated rings. The number of aryl methyl sites for hydroxylation is 1. The second-order valence-electron chi connectivity index (χ2n) is 6.21. The van der Waals surface area contributed by atoms with Crippen molar-refractivity contribution in [2.75, 3.05) is 5.32 Å². The van der Waals surface area contributed by atoms with Gasteiger partial charge in [0.2, 0.25) is 0 Å². The lowest BCUT2D eigenvalue weighted by atomic mass is 10.1. The highest BCUT2D eigenvalue weighted by atomic mass is 35.5. The highest BCUT2D eigenvalue weighted by molar-refractivity contribution is 6.42. The summed E-state index contributed by atoms with van der Waals surface area (Å²) in [6.45, 7) is 2.77. The van der Waals surface area contributed by atoms with Crippen LogP contribution in [0.25, 0.3) is 16.9 Å². The van der Waals surface area contributed by atoms with E-state index >= 15 is 0 Å². The molecule has 2 aromatic heterocycles. The fraction of sp³-hybridized carbons (Fsp3) is 0.0952. The Balaban J connectivity index is 1.81. The Morgan fingerprint density at radius 1 is 0.962 bits per heavy atom. The van der Waals surface area contributed by atoms with Crippen molar-refractivity contribution in [3.8, 4) is 11.3 Å². The van der Waals surface area contributed by atoms with Gasteiger partial charge in [0.25, 0.3) is 0 Å². The van der Waals surface area contributed by atoms with Gasteiger partial charge in [0.15, 0.2) is 0 Å². The summed E-state index contributed by atoms with van der Waals surface area (Å²) in [7, 11) is 0. The number of halogens is 2. The lowest BCUT2D eigenvalue weighted by molar-refractivity contribution is 1.08. The second-order valence-corrected chi connectivity index (χ2v) is 7.02. The maximum absolute atomic E-state index is 6.23. The molecule has 0 amide bonds. The van der Waals surface area contributed by atoms with Crippen LogP contribution in [-0.2, 0) is 6.54 Å². The molecular weight excluding hydrogens is 365 g/mol. The first-order valence-corrected chi connectivity index (χ1v) is 9.09. The first-order chi connectivity index (χ1) is 12.6. The van der Waals surface area contributed by atoms with E-state index < -0.39 is 0 Å². The first kappa shape index (κ1) is 17.0. The molecular formula is C21H17Cl2N3. The summed E-state index contributed by atoms with van der Waals surface area (Å²) >= 11 is 12.3. The first-order valence-electron chi connectivity index (χ1n) is 8.34. The standard InChI is InChI=1S/C21H17Cl2N3/c1-14-9-10-26-19(11-14)25-20(16-7-8-17(22)18(23)12-16)21(26)24-13-15-5-3-2-4-6-15/h2-12,24H,13H2,1H3. The van der Waals surface area contributed by atoms with Gasteiger partial charge < -0.3 is 5.32 Å². The number of hydrogen-bond donors (Lipinski definition) is 1. The average Bonchev–Trinajstić information content (AvgIpc) is 3.00. The van der Waals surface area contributed by atoms with Crippen LogP contribution in [0.5, 0.6) is 0 Å². The minimum absolute atomic E-state index is 0.520. The van der Waals surface area contributed by atoms with Crippen molar-refractivity contribution in [1.29, 1.82) is 0 Å². The number of fused-ring (bicyclic) bond motifs is 1. The van der Waals surface area contributed by atoms with E-state index in [4.69, 9.17) is 28.2 Å². The van der Waals surface area contributed by atoms with Gasteiger partial charge in [-0.25, -0.2) is 4.98 Å². The molecule has 26 heavy (non-hydrogen) atoms. The van der Waals surface area contributed by atoms with E-state index in [2.05, 4.69) is 40.9 Å². The predicted octanol–water partition coefficient (Wildman–Crippen LogP) is 6.23. The monoisotopic (exact) mass is 381 g/mol. The molecule has 0 bridgehead atoms. The normalized spacial score (nSPS) is 11.0. The van der Waals surface area contributed by atoms with E-state index in [-0.39, 0.29) is 0 Å². The maximum atomic E-state index is 6.23. The zero-order valence-electron chi connectivity index (χ0n) is 14.2. The van der Waals surface area contributed by atoms with Crippen molar-refractivity contribution in [3.05, 3.63) is 88.0 Å². The van der Waals surface area contributed by atoms with Crippen LogP contribution < -0.4 is 5.32 Å². The number of nitrogens with zero attached hydrogens (tertiary/aromatic N) is 2. The molecule has 2 aromatic carbocycles. The molecule has 2 heterocycles. The Morgan fingerprint density at radius 2 is 1.77 bits per heavy atom. The van der Waals surface area contributed by atoms with E-state index in [1.165, 1.54) is 5.56 Å². The molecule has 130 valence electrons. The van der Waals surface area contributed by atoms with E-state index in [1.807, 2.05) is 36.5 Å². The van der Waals surface area contributed by atoms with Crippen LogP contribution in [0.1, 0.15) is 11.1 Å². The maximum Gasteiger partial charge on any atom is 0.139 e. The number of pyridine rings is 1. The van der Waals surface area contributed by atoms with Gasteiger partial charge in [-0.15, -0.1) is 0 Å². The smallest absolute Gasteiger partial charge is 0.139 e. The molecule has 4 aromatic rings. The van der Waals surface area contributed by atoms with Gasteiger partial charge in [0.05, 0.1) is 10.0 Å². The fourth-order valence-corrected chi connectivity index (χ4v) is 3.24. The second kappa shape index (κ2) is 7.02. The SMILES string of the molecule is Cc1ccn2c(NCc3ccccc3)c(-c3ccc(Cl)c(Cl)c3)nc2c1. The molecule has 0 saturated heterocycles. The number of imidazole rings is 1. The van der Waals surface area contributed by atoms with Gasteiger partial charge in [-0.05, 0) is 42.3 Å². The zero-order chi connectivity index (χ0) is 18.1. The Kier molecular flexibility index (Phi) is 4.58. The third-order valence-corrected chi connectivity index (χ3v) is 5.02. The number of benzene rings is 2. The summed E-state index contributed by atoms with van der Waals surface area (Å²) in [5.41, 5.74) is 5.04. The quantitative estimate of drug-likeness (QED) is 0.453. The number of nitrogens with one attached hydrogen (secondary N) is 1. The Hall–Kier alpha value is -2.49. The van der Waals surface area contributed by atoms with Crippen molar-refractivity contribution < 1.29 is 0 Å². The van der Waals surface area contributed by atoms with E-state index in [9.17, 15) is 0 Å². The summed E-state index contributed by atoms with van der Waals surface area (Å²) in [6.07, 6.45) is 2.03. The molecule has 0 aliphatic rings. The Morgan fingerprint density at radius 3 is 2.54 bits per heavy atom. The van der Waals surface area contributed by atoms with E-state index in [0.717, 1.165) is 28.3 Å². The summed E-state index contributed by atoms with van der Waals surface area (Å²) in [5.74, 6) is 0.933. The molecule has 0 atom stereocenters. The van der Waals surface area contributed by atoms with Gasteiger partial charge in [0, 0.05) is 18.3 Å². The third kappa shape index (κ3) is 3.28. The van der Waals surface area contributed by atoms with Crippen molar-refractivity contribution >= 4 is 34.7 Å². The number of aromatic nitrogens is 2. The van der Waals surface area contributed by atoms with Gasteiger partial charge in [-0.1, -0.05) is 59.6 Å². The molecule has 0 radical (unpaired) electrons. The lowest BCUT2D eigenvalue weighted by Crippen LogP contribution is -2.03. The van der Waals surface area contributed by atoms with Crippen LogP contribution >= 0.6 is 23.2 Å². The van der Waals surface area contributed by atoms with Crippen LogP contribution in [-0.4, -0.2) is 9.38 Å².